The van der Waals surface area contributed by atoms with Gasteiger partial charge in [-0.05, 0) is 25.2 Å². The molecule has 2 saturated carbocycles. The van der Waals surface area contributed by atoms with Crippen LogP contribution in [0.1, 0.15) is 38.5 Å². The van der Waals surface area contributed by atoms with Crippen LogP contribution < -0.4 is 0 Å². The number of halogens is 1. The van der Waals surface area contributed by atoms with E-state index in [-0.39, 0.29) is 0 Å². The second kappa shape index (κ2) is 4.31. The van der Waals surface area contributed by atoms with E-state index in [0.29, 0.717) is 5.41 Å². The number of rotatable bonds is 6. The van der Waals surface area contributed by atoms with Gasteiger partial charge in [0.05, 0.1) is 6.61 Å². The molecule has 0 aromatic carbocycles. The van der Waals surface area contributed by atoms with Crippen molar-refractivity contribution in [1.29, 1.82) is 0 Å². The van der Waals surface area contributed by atoms with E-state index in [1.165, 1.54) is 38.5 Å². The fourth-order valence-electron chi connectivity index (χ4n) is 1.81. The normalized spacial score (nSPS) is 25.6. The monoisotopic (exact) mass is 246 g/mol. The predicted molar refractivity (Wildman–Crippen MR) is 58.2 cm³/mol. The van der Waals surface area contributed by atoms with E-state index in [4.69, 9.17) is 4.74 Å². The van der Waals surface area contributed by atoms with Crippen molar-refractivity contribution in [1.82, 2.24) is 0 Å². The Morgan fingerprint density at radius 3 is 2.54 bits per heavy atom. The molecule has 0 heterocycles. The van der Waals surface area contributed by atoms with Gasteiger partial charge in [-0.2, -0.15) is 0 Å². The van der Waals surface area contributed by atoms with Crippen LogP contribution in [0.4, 0.5) is 0 Å². The van der Waals surface area contributed by atoms with E-state index < -0.39 is 0 Å². The summed E-state index contributed by atoms with van der Waals surface area (Å²) in [5.41, 5.74) is 0.541. The van der Waals surface area contributed by atoms with Crippen molar-refractivity contribution < 1.29 is 4.74 Å². The van der Waals surface area contributed by atoms with Gasteiger partial charge in [0.25, 0.3) is 0 Å². The standard InChI is InChI=1S/C11H19BrO/c12-8-11(5-6-11)9-13-7-4-10-2-1-3-10/h10H,1-9H2. The van der Waals surface area contributed by atoms with Gasteiger partial charge in [-0.25, -0.2) is 0 Å². The molecule has 0 atom stereocenters. The van der Waals surface area contributed by atoms with Crippen LogP contribution in [0.15, 0.2) is 0 Å². The average molecular weight is 247 g/mol. The predicted octanol–water partition coefficient (Wildman–Crippen LogP) is 3.37. The van der Waals surface area contributed by atoms with E-state index >= 15 is 0 Å². The summed E-state index contributed by atoms with van der Waals surface area (Å²) in [6.45, 7) is 1.99. The maximum absolute atomic E-state index is 5.73. The third kappa shape index (κ3) is 2.69. The second-order valence-electron chi connectivity index (χ2n) is 4.77. The molecule has 0 bridgehead atoms. The molecule has 0 aromatic heterocycles. The van der Waals surface area contributed by atoms with Crippen molar-refractivity contribution in [3.05, 3.63) is 0 Å². The first-order valence-corrected chi connectivity index (χ1v) is 6.61. The molecule has 0 spiro atoms. The highest BCUT2D eigenvalue weighted by Crippen LogP contribution is 2.47. The number of alkyl halides is 1. The summed E-state index contributed by atoms with van der Waals surface area (Å²) in [7, 11) is 0. The molecular weight excluding hydrogens is 228 g/mol. The van der Waals surface area contributed by atoms with Crippen molar-refractivity contribution in [2.45, 2.75) is 38.5 Å². The third-order valence-electron chi connectivity index (χ3n) is 3.54. The van der Waals surface area contributed by atoms with E-state index in [2.05, 4.69) is 15.9 Å². The fraction of sp³-hybridized carbons (Fsp3) is 1.00. The first-order chi connectivity index (χ1) is 6.35. The van der Waals surface area contributed by atoms with Crippen molar-refractivity contribution >= 4 is 15.9 Å². The zero-order valence-electron chi connectivity index (χ0n) is 8.23. The maximum Gasteiger partial charge on any atom is 0.0530 e. The van der Waals surface area contributed by atoms with Gasteiger partial charge < -0.3 is 4.74 Å². The zero-order valence-corrected chi connectivity index (χ0v) is 9.81. The lowest BCUT2D eigenvalue weighted by Crippen LogP contribution is -2.17. The fourth-order valence-corrected chi connectivity index (χ4v) is 2.54. The summed E-state index contributed by atoms with van der Waals surface area (Å²) < 4.78 is 5.73. The van der Waals surface area contributed by atoms with Crippen LogP contribution in [0.2, 0.25) is 0 Å². The van der Waals surface area contributed by atoms with Crippen LogP contribution >= 0.6 is 15.9 Å². The molecule has 0 aromatic rings. The Kier molecular flexibility index (Phi) is 3.31. The van der Waals surface area contributed by atoms with E-state index in [0.717, 1.165) is 24.5 Å². The molecular formula is C11H19BrO. The lowest BCUT2D eigenvalue weighted by atomic mass is 9.83. The van der Waals surface area contributed by atoms with Crippen LogP contribution in [0.3, 0.4) is 0 Å². The van der Waals surface area contributed by atoms with Gasteiger partial charge in [-0.15, -0.1) is 0 Å². The number of ether oxygens (including phenoxy) is 1. The minimum absolute atomic E-state index is 0.541. The first-order valence-electron chi connectivity index (χ1n) is 5.48. The minimum atomic E-state index is 0.541. The second-order valence-corrected chi connectivity index (χ2v) is 5.33. The Morgan fingerprint density at radius 1 is 1.31 bits per heavy atom. The van der Waals surface area contributed by atoms with Gasteiger partial charge in [-0.3, -0.25) is 0 Å². The summed E-state index contributed by atoms with van der Waals surface area (Å²) in [5, 5.41) is 1.13. The van der Waals surface area contributed by atoms with Crippen molar-refractivity contribution in [2.75, 3.05) is 18.5 Å². The van der Waals surface area contributed by atoms with Crippen molar-refractivity contribution in [3.8, 4) is 0 Å². The van der Waals surface area contributed by atoms with Gasteiger partial charge in [0.2, 0.25) is 0 Å². The van der Waals surface area contributed by atoms with Crippen LogP contribution in [0.25, 0.3) is 0 Å². The lowest BCUT2D eigenvalue weighted by molar-refractivity contribution is 0.0781. The summed E-state index contributed by atoms with van der Waals surface area (Å²) >= 11 is 3.56. The SMILES string of the molecule is BrCC1(COCCC2CCC2)CC1. The third-order valence-corrected chi connectivity index (χ3v) is 4.73. The number of hydrogen-bond acceptors (Lipinski definition) is 1. The summed E-state index contributed by atoms with van der Waals surface area (Å²) in [6.07, 6.45) is 8.39. The van der Waals surface area contributed by atoms with Gasteiger partial charge in [0.1, 0.15) is 0 Å². The molecule has 2 aliphatic rings. The van der Waals surface area contributed by atoms with Gasteiger partial charge in [0, 0.05) is 17.4 Å². The molecule has 1 nitrogen and oxygen atoms in total. The smallest absolute Gasteiger partial charge is 0.0530 e. The Hall–Kier alpha value is 0.440. The molecule has 0 N–H and O–H groups in total. The molecule has 2 aliphatic carbocycles. The first kappa shape index (κ1) is 9.97. The van der Waals surface area contributed by atoms with Crippen molar-refractivity contribution in [2.24, 2.45) is 11.3 Å². The van der Waals surface area contributed by atoms with E-state index in [1.807, 2.05) is 0 Å². The van der Waals surface area contributed by atoms with Crippen LogP contribution in [-0.4, -0.2) is 18.5 Å². The summed E-state index contributed by atoms with van der Waals surface area (Å²) in [6, 6.07) is 0. The van der Waals surface area contributed by atoms with Gasteiger partial charge in [-0.1, -0.05) is 35.2 Å². The topological polar surface area (TPSA) is 9.23 Å². The molecule has 2 fully saturated rings. The average Bonchev–Trinajstić information content (AvgIpc) is 2.82. The van der Waals surface area contributed by atoms with Gasteiger partial charge in [0.15, 0.2) is 0 Å². The summed E-state index contributed by atoms with van der Waals surface area (Å²) in [5.74, 6) is 0.999. The molecule has 0 radical (unpaired) electrons. The maximum atomic E-state index is 5.73. The lowest BCUT2D eigenvalue weighted by Gasteiger charge is -2.25. The molecule has 0 saturated heterocycles. The van der Waals surface area contributed by atoms with Crippen molar-refractivity contribution in [3.63, 3.8) is 0 Å². The zero-order chi connectivity index (χ0) is 9.15. The quantitative estimate of drug-likeness (QED) is 0.516. The molecule has 0 amide bonds. The van der Waals surface area contributed by atoms with Crippen LogP contribution in [0.5, 0.6) is 0 Å². The molecule has 0 unspecified atom stereocenters. The Morgan fingerprint density at radius 2 is 2.08 bits per heavy atom. The largest absolute Gasteiger partial charge is 0.381 e. The highest BCUT2D eigenvalue weighted by atomic mass is 79.9. The molecule has 76 valence electrons. The number of hydrogen-bond donors (Lipinski definition) is 0. The highest BCUT2D eigenvalue weighted by molar-refractivity contribution is 9.09. The Labute approximate surface area is 89.4 Å². The minimum Gasteiger partial charge on any atom is -0.381 e. The van der Waals surface area contributed by atoms with Gasteiger partial charge >= 0.3 is 0 Å². The Bertz CT molecular complexity index is 161. The molecule has 2 rings (SSSR count). The van der Waals surface area contributed by atoms with Crippen LogP contribution in [-0.2, 0) is 4.74 Å². The molecule has 13 heavy (non-hydrogen) atoms. The van der Waals surface area contributed by atoms with E-state index in [9.17, 15) is 0 Å². The molecule has 0 aliphatic heterocycles. The van der Waals surface area contributed by atoms with Crippen LogP contribution in [0, 0.1) is 11.3 Å². The summed E-state index contributed by atoms with van der Waals surface area (Å²) in [4.78, 5) is 0. The Balaban J connectivity index is 1.49. The highest BCUT2D eigenvalue weighted by Gasteiger charge is 2.41. The molecule has 2 heteroatoms. The van der Waals surface area contributed by atoms with E-state index in [1.54, 1.807) is 0 Å².